The van der Waals surface area contributed by atoms with E-state index in [-0.39, 0.29) is 16.9 Å². The van der Waals surface area contributed by atoms with Gasteiger partial charge in [0.05, 0.1) is 7.11 Å². The summed E-state index contributed by atoms with van der Waals surface area (Å²) in [6.07, 6.45) is 0.615. The van der Waals surface area contributed by atoms with Gasteiger partial charge >= 0.3 is 0 Å². The average molecular weight is 303 g/mol. The van der Waals surface area contributed by atoms with Crippen LogP contribution >= 0.6 is 15.9 Å². The predicted octanol–water partition coefficient (Wildman–Crippen LogP) is 2.85. The zero-order valence-electron chi connectivity index (χ0n) is 9.96. The minimum atomic E-state index is -0.550. The van der Waals surface area contributed by atoms with Crippen molar-refractivity contribution >= 4 is 22.2 Å². The maximum absolute atomic E-state index is 14.1. The summed E-state index contributed by atoms with van der Waals surface area (Å²) in [7, 11) is 4.90. The number of hydrogen-bond acceptors (Lipinski definition) is 3. The maximum atomic E-state index is 14.1. The number of halogens is 2. The van der Waals surface area contributed by atoms with E-state index in [2.05, 4.69) is 22.9 Å². The fraction of sp³-hybridized carbons (Fsp3) is 0.333. The third-order valence-electron chi connectivity index (χ3n) is 2.55. The second-order valence-corrected chi connectivity index (χ2v) is 4.65. The lowest BCUT2D eigenvalue weighted by molar-refractivity contribution is 0.112. The van der Waals surface area contributed by atoms with E-state index in [4.69, 9.17) is 4.74 Å². The van der Waals surface area contributed by atoms with Gasteiger partial charge in [-0.05, 0) is 43.0 Å². The third kappa shape index (κ3) is 2.66. The fourth-order valence-corrected chi connectivity index (χ4v) is 2.00. The van der Waals surface area contributed by atoms with Crippen molar-refractivity contribution in [3.63, 3.8) is 0 Å². The first-order chi connectivity index (χ1) is 7.93. The van der Waals surface area contributed by atoms with Crippen molar-refractivity contribution in [3.05, 3.63) is 34.4 Å². The molecule has 3 nitrogen and oxygen atoms in total. The van der Waals surface area contributed by atoms with Crippen molar-refractivity contribution < 1.29 is 13.9 Å². The van der Waals surface area contributed by atoms with Gasteiger partial charge in [0.2, 0.25) is 0 Å². The molecule has 17 heavy (non-hydrogen) atoms. The molecule has 0 aliphatic carbocycles. The first-order valence-electron chi connectivity index (χ1n) is 4.94. The Labute approximate surface area is 109 Å². The molecule has 1 aromatic rings. The van der Waals surface area contributed by atoms with Crippen LogP contribution in [-0.2, 0) is 0 Å². The fourth-order valence-electron chi connectivity index (χ4n) is 1.49. The largest absolute Gasteiger partial charge is 0.494 e. The first-order valence-corrected chi connectivity index (χ1v) is 5.73. The average Bonchev–Trinajstić information content (AvgIpc) is 2.29. The Morgan fingerprint density at radius 1 is 1.59 bits per heavy atom. The zero-order valence-corrected chi connectivity index (χ0v) is 11.5. The predicted molar refractivity (Wildman–Crippen MR) is 67.8 cm³/mol. The van der Waals surface area contributed by atoms with Gasteiger partial charge in [-0.1, -0.05) is 0 Å². The van der Waals surface area contributed by atoms with Gasteiger partial charge in [-0.3, -0.25) is 4.79 Å². The van der Waals surface area contributed by atoms with Crippen molar-refractivity contribution in [2.75, 3.05) is 21.2 Å². The Bertz CT molecular complexity index is 435. The van der Waals surface area contributed by atoms with E-state index in [0.29, 0.717) is 10.8 Å². The standard InChI is InChI=1S/C12H14BrFNO2/c1-7(15(2)3)11-8(6-16)9(13)5-10(17-4)12(11)14/h5-7H,1H2,2-4H3. The Morgan fingerprint density at radius 2 is 2.18 bits per heavy atom. The lowest BCUT2D eigenvalue weighted by Gasteiger charge is -2.23. The summed E-state index contributed by atoms with van der Waals surface area (Å²) in [5, 5.41) is 0. The van der Waals surface area contributed by atoms with E-state index in [1.54, 1.807) is 19.0 Å². The SMILES string of the molecule is [CH2]C(c1c(F)c(OC)cc(Br)c1C=O)N(C)C. The van der Waals surface area contributed by atoms with Crippen molar-refractivity contribution in [1.82, 2.24) is 4.90 Å². The third-order valence-corrected chi connectivity index (χ3v) is 3.21. The molecule has 0 fully saturated rings. The quantitative estimate of drug-likeness (QED) is 0.801. The molecule has 0 aromatic heterocycles. The van der Waals surface area contributed by atoms with E-state index in [0.717, 1.165) is 0 Å². The lowest BCUT2D eigenvalue weighted by Crippen LogP contribution is -2.20. The number of methoxy groups -OCH3 is 1. The number of aldehydes is 1. The van der Waals surface area contributed by atoms with Crippen LogP contribution in [0.3, 0.4) is 0 Å². The monoisotopic (exact) mass is 302 g/mol. The molecule has 0 bridgehead atoms. The van der Waals surface area contributed by atoms with Gasteiger partial charge in [0, 0.05) is 21.6 Å². The van der Waals surface area contributed by atoms with Gasteiger partial charge in [0.1, 0.15) is 0 Å². The van der Waals surface area contributed by atoms with Gasteiger partial charge in [-0.2, -0.15) is 0 Å². The van der Waals surface area contributed by atoms with E-state index >= 15 is 0 Å². The molecule has 1 atom stereocenters. The molecule has 0 saturated carbocycles. The van der Waals surface area contributed by atoms with Crippen LogP contribution in [0.4, 0.5) is 4.39 Å². The Morgan fingerprint density at radius 3 is 2.59 bits per heavy atom. The van der Waals surface area contributed by atoms with Crippen LogP contribution in [0.5, 0.6) is 5.75 Å². The molecule has 0 amide bonds. The highest BCUT2D eigenvalue weighted by Crippen LogP contribution is 2.34. The first kappa shape index (κ1) is 14.1. The number of benzene rings is 1. The Kier molecular flexibility index (Phi) is 4.65. The van der Waals surface area contributed by atoms with Crippen LogP contribution in [0.1, 0.15) is 22.0 Å². The van der Waals surface area contributed by atoms with Gasteiger partial charge in [0.15, 0.2) is 17.9 Å². The Balaban J connectivity index is 3.53. The summed E-state index contributed by atoms with van der Waals surface area (Å²) >= 11 is 3.23. The highest BCUT2D eigenvalue weighted by atomic mass is 79.9. The normalized spacial score (nSPS) is 12.6. The molecule has 0 aliphatic heterocycles. The lowest BCUT2D eigenvalue weighted by atomic mass is 10.00. The van der Waals surface area contributed by atoms with Crippen LogP contribution in [0.25, 0.3) is 0 Å². The highest BCUT2D eigenvalue weighted by Gasteiger charge is 2.23. The van der Waals surface area contributed by atoms with Crippen LogP contribution in [0, 0.1) is 12.7 Å². The number of hydrogen-bond donors (Lipinski definition) is 0. The molecule has 93 valence electrons. The molecule has 0 spiro atoms. The topological polar surface area (TPSA) is 29.5 Å². The van der Waals surface area contributed by atoms with E-state index < -0.39 is 11.9 Å². The molecule has 0 heterocycles. The molecule has 0 N–H and O–H groups in total. The van der Waals surface area contributed by atoms with E-state index in [1.165, 1.54) is 13.2 Å². The van der Waals surface area contributed by atoms with Crippen LogP contribution in [0.2, 0.25) is 0 Å². The molecule has 1 radical (unpaired) electrons. The van der Waals surface area contributed by atoms with Gasteiger partial charge in [-0.25, -0.2) is 4.39 Å². The van der Waals surface area contributed by atoms with E-state index in [9.17, 15) is 9.18 Å². The molecule has 1 aromatic carbocycles. The molecule has 1 rings (SSSR count). The second-order valence-electron chi connectivity index (χ2n) is 3.80. The smallest absolute Gasteiger partial charge is 0.170 e. The zero-order chi connectivity index (χ0) is 13.2. The molecule has 1 unspecified atom stereocenters. The van der Waals surface area contributed by atoms with Gasteiger partial charge in [-0.15, -0.1) is 0 Å². The Hall–Kier alpha value is -0.940. The minimum absolute atomic E-state index is 0.0907. The summed E-state index contributed by atoms with van der Waals surface area (Å²) in [5.41, 5.74) is 0.494. The van der Waals surface area contributed by atoms with Crippen LogP contribution in [0.15, 0.2) is 10.5 Å². The van der Waals surface area contributed by atoms with Crippen molar-refractivity contribution in [2.45, 2.75) is 6.04 Å². The summed E-state index contributed by atoms with van der Waals surface area (Å²) in [4.78, 5) is 12.8. The summed E-state index contributed by atoms with van der Waals surface area (Å²) in [6, 6.07) is 0.965. The van der Waals surface area contributed by atoms with Crippen LogP contribution < -0.4 is 4.74 Å². The summed E-state index contributed by atoms with van der Waals surface area (Å²) in [5.74, 6) is -0.459. The molecule has 0 saturated heterocycles. The molecule has 5 heteroatoms. The number of ether oxygens (including phenoxy) is 1. The minimum Gasteiger partial charge on any atom is -0.494 e. The second kappa shape index (κ2) is 5.60. The number of carbonyl (C=O) groups is 1. The maximum Gasteiger partial charge on any atom is 0.170 e. The number of nitrogens with zero attached hydrogens (tertiary/aromatic N) is 1. The van der Waals surface area contributed by atoms with Gasteiger partial charge < -0.3 is 9.64 Å². The number of carbonyl (C=O) groups excluding carboxylic acids is 1. The summed E-state index contributed by atoms with van der Waals surface area (Å²) < 4.78 is 19.6. The molecule has 0 aliphatic rings. The number of rotatable bonds is 4. The van der Waals surface area contributed by atoms with Crippen molar-refractivity contribution in [2.24, 2.45) is 0 Å². The highest BCUT2D eigenvalue weighted by molar-refractivity contribution is 9.10. The van der Waals surface area contributed by atoms with Crippen molar-refractivity contribution in [3.8, 4) is 5.75 Å². The van der Waals surface area contributed by atoms with Gasteiger partial charge in [0.25, 0.3) is 0 Å². The summed E-state index contributed by atoms with van der Waals surface area (Å²) in [6.45, 7) is 3.84. The molecular weight excluding hydrogens is 289 g/mol. The molecular formula is C12H14BrFNO2. The van der Waals surface area contributed by atoms with Crippen LogP contribution in [-0.4, -0.2) is 32.4 Å². The van der Waals surface area contributed by atoms with Crippen molar-refractivity contribution in [1.29, 1.82) is 0 Å². The van der Waals surface area contributed by atoms with E-state index in [1.807, 2.05) is 0 Å².